The maximum atomic E-state index is 12.7. The molecule has 0 saturated carbocycles. The summed E-state index contributed by atoms with van der Waals surface area (Å²) in [5.74, 6) is 1.70. The van der Waals surface area contributed by atoms with Gasteiger partial charge in [-0.05, 0) is 42.1 Å². The second-order valence-electron chi connectivity index (χ2n) is 7.22. The van der Waals surface area contributed by atoms with Crippen LogP contribution in [0.1, 0.15) is 11.3 Å². The lowest BCUT2D eigenvalue weighted by molar-refractivity contribution is 0.305. The fourth-order valence-corrected chi connectivity index (χ4v) is 3.48. The molecule has 0 saturated heterocycles. The first-order valence-electron chi connectivity index (χ1n) is 9.69. The zero-order chi connectivity index (χ0) is 21.4. The number of aromatic nitrogens is 4. The smallest absolute Gasteiger partial charge is 0.258 e. The van der Waals surface area contributed by atoms with Crippen molar-refractivity contribution in [3.8, 4) is 23.0 Å². The number of nitrogens with one attached hydrogen (secondary N) is 1. The van der Waals surface area contributed by atoms with Crippen molar-refractivity contribution in [2.24, 2.45) is 0 Å². The molecule has 5 aromatic rings. The van der Waals surface area contributed by atoms with Crippen molar-refractivity contribution < 1.29 is 9.26 Å². The van der Waals surface area contributed by atoms with E-state index in [1.807, 2.05) is 55.5 Å². The molecule has 1 atom stereocenters. The number of rotatable bonds is 5. The number of fused-ring (bicyclic) bond motifs is 1. The summed E-state index contributed by atoms with van der Waals surface area (Å²) in [5.41, 5.74) is 3.94. The number of pyridine rings is 1. The Balaban J connectivity index is 1.39. The Morgan fingerprint density at radius 3 is 2.68 bits per heavy atom. The quantitative estimate of drug-likeness (QED) is 0.429. The number of aromatic amines is 1. The largest absolute Gasteiger partial charge is 0.489 e. The second-order valence-corrected chi connectivity index (χ2v) is 7.89. The van der Waals surface area contributed by atoms with Gasteiger partial charge >= 0.3 is 0 Å². The van der Waals surface area contributed by atoms with Crippen molar-refractivity contribution in [1.82, 2.24) is 19.7 Å². The number of benzene rings is 2. The van der Waals surface area contributed by atoms with Gasteiger partial charge in [-0.15, -0.1) is 9.24 Å². The predicted octanol–water partition coefficient (Wildman–Crippen LogP) is 3.76. The summed E-state index contributed by atoms with van der Waals surface area (Å²) >= 11 is 0. The van der Waals surface area contributed by atoms with Crippen LogP contribution in [0.2, 0.25) is 0 Å². The van der Waals surface area contributed by atoms with E-state index >= 15 is 0 Å². The van der Waals surface area contributed by atoms with E-state index in [1.165, 1.54) is 6.07 Å². The van der Waals surface area contributed by atoms with E-state index in [0.717, 1.165) is 33.3 Å². The maximum absolute atomic E-state index is 12.7. The molecule has 0 fully saturated rings. The molecule has 1 N–H and O–H groups in total. The van der Waals surface area contributed by atoms with Crippen LogP contribution in [-0.2, 0) is 6.61 Å². The molecule has 2 aromatic carbocycles. The topological polar surface area (TPSA) is 85.9 Å². The van der Waals surface area contributed by atoms with Crippen LogP contribution in [0.4, 0.5) is 0 Å². The lowest BCUT2D eigenvalue weighted by Gasteiger charge is -2.09. The highest BCUT2D eigenvalue weighted by Gasteiger charge is 2.11. The van der Waals surface area contributed by atoms with Crippen LogP contribution in [0, 0.1) is 6.92 Å². The first-order valence-corrected chi connectivity index (χ1v) is 10.3. The van der Waals surface area contributed by atoms with Crippen molar-refractivity contribution in [3.05, 3.63) is 88.5 Å². The standard InChI is InChI=1S/C23H19N4O3P/c1-14-10-21(30-26-14)23-24-19-7-4-16(11-20(19)25-23)27-9-8-17(12-22(27)28)29-13-15-2-5-18(31)6-3-15/h2-12H,13,31H2,1H3,(H,24,25). The highest BCUT2D eigenvalue weighted by molar-refractivity contribution is 7.27. The number of H-pyrrole nitrogens is 1. The van der Waals surface area contributed by atoms with Gasteiger partial charge in [0.2, 0.25) is 5.76 Å². The molecule has 1 unspecified atom stereocenters. The van der Waals surface area contributed by atoms with E-state index in [9.17, 15) is 4.79 Å². The van der Waals surface area contributed by atoms with Gasteiger partial charge in [0.1, 0.15) is 12.4 Å². The molecule has 8 heteroatoms. The number of nitrogens with zero attached hydrogens (tertiary/aromatic N) is 3. The fraction of sp³-hybridized carbons (Fsp3) is 0.0870. The summed E-state index contributed by atoms with van der Waals surface area (Å²) in [6.07, 6.45) is 1.71. The van der Waals surface area contributed by atoms with Gasteiger partial charge in [0, 0.05) is 18.3 Å². The molecule has 0 radical (unpaired) electrons. The van der Waals surface area contributed by atoms with Crippen molar-refractivity contribution >= 4 is 25.6 Å². The molecule has 7 nitrogen and oxygen atoms in total. The Morgan fingerprint density at radius 1 is 1.10 bits per heavy atom. The third kappa shape index (κ3) is 4.00. The van der Waals surface area contributed by atoms with Gasteiger partial charge in [-0.3, -0.25) is 9.36 Å². The van der Waals surface area contributed by atoms with Gasteiger partial charge in [0.05, 0.1) is 22.4 Å². The highest BCUT2D eigenvalue weighted by atomic mass is 31.0. The normalized spacial score (nSPS) is 11.2. The van der Waals surface area contributed by atoms with Gasteiger partial charge in [-0.1, -0.05) is 29.4 Å². The van der Waals surface area contributed by atoms with Crippen LogP contribution >= 0.6 is 9.24 Å². The van der Waals surface area contributed by atoms with E-state index < -0.39 is 0 Å². The molecular formula is C23H19N4O3P. The summed E-state index contributed by atoms with van der Waals surface area (Å²) in [7, 11) is 2.65. The summed E-state index contributed by atoms with van der Waals surface area (Å²) < 4.78 is 12.6. The minimum atomic E-state index is -0.178. The fourth-order valence-electron chi connectivity index (χ4n) is 3.28. The molecule has 0 aliphatic carbocycles. The first kappa shape index (κ1) is 19.3. The highest BCUT2D eigenvalue weighted by Crippen LogP contribution is 2.23. The monoisotopic (exact) mass is 430 g/mol. The van der Waals surface area contributed by atoms with E-state index in [-0.39, 0.29) is 5.56 Å². The van der Waals surface area contributed by atoms with E-state index in [0.29, 0.717) is 23.9 Å². The molecule has 0 spiro atoms. The average Bonchev–Trinajstić information content (AvgIpc) is 3.39. The molecule has 0 bridgehead atoms. The van der Waals surface area contributed by atoms with Crippen molar-refractivity contribution in [2.45, 2.75) is 13.5 Å². The third-order valence-electron chi connectivity index (χ3n) is 4.88. The number of hydrogen-bond acceptors (Lipinski definition) is 5. The van der Waals surface area contributed by atoms with E-state index in [2.05, 4.69) is 24.4 Å². The van der Waals surface area contributed by atoms with Crippen LogP contribution < -0.4 is 15.6 Å². The van der Waals surface area contributed by atoms with Gasteiger partial charge in [0.15, 0.2) is 5.82 Å². The van der Waals surface area contributed by atoms with E-state index in [4.69, 9.17) is 9.26 Å². The maximum Gasteiger partial charge on any atom is 0.258 e. The summed E-state index contributed by atoms with van der Waals surface area (Å²) in [4.78, 5) is 20.4. The van der Waals surface area contributed by atoms with Gasteiger partial charge in [-0.25, -0.2) is 4.98 Å². The summed E-state index contributed by atoms with van der Waals surface area (Å²) in [5, 5.41) is 5.01. The van der Waals surface area contributed by atoms with Crippen molar-refractivity contribution in [3.63, 3.8) is 0 Å². The minimum Gasteiger partial charge on any atom is -0.489 e. The molecule has 3 heterocycles. The molecule has 31 heavy (non-hydrogen) atoms. The molecule has 0 amide bonds. The number of aryl methyl sites for hydroxylation is 1. The Kier molecular flexibility index (Phi) is 4.88. The van der Waals surface area contributed by atoms with Crippen molar-refractivity contribution in [1.29, 1.82) is 0 Å². The van der Waals surface area contributed by atoms with Crippen LogP contribution in [0.25, 0.3) is 28.3 Å². The Labute approximate surface area is 179 Å². The number of imidazole rings is 1. The van der Waals surface area contributed by atoms with Crippen LogP contribution in [0.5, 0.6) is 5.75 Å². The number of hydrogen-bond donors (Lipinski definition) is 1. The van der Waals surface area contributed by atoms with Crippen LogP contribution in [-0.4, -0.2) is 19.7 Å². The molecule has 5 rings (SSSR count). The van der Waals surface area contributed by atoms with E-state index in [1.54, 1.807) is 16.8 Å². The SMILES string of the molecule is Cc1cc(-c2nc3ccc(-n4ccc(OCc5ccc(P)cc5)cc4=O)cc3[nH]2)on1. The minimum absolute atomic E-state index is 0.178. The van der Waals surface area contributed by atoms with Crippen molar-refractivity contribution in [2.75, 3.05) is 0 Å². The molecular weight excluding hydrogens is 411 g/mol. The average molecular weight is 430 g/mol. The Bertz CT molecular complexity index is 1430. The lowest BCUT2D eigenvalue weighted by atomic mass is 10.2. The molecule has 0 aliphatic heterocycles. The lowest BCUT2D eigenvalue weighted by Crippen LogP contribution is -2.16. The summed E-state index contributed by atoms with van der Waals surface area (Å²) in [6.45, 7) is 2.26. The first-order chi connectivity index (χ1) is 15.0. The molecule has 0 aliphatic rings. The third-order valence-corrected chi connectivity index (χ3v) is 5.27. The number of ether oxygens (including phenoxy) is 1. The van der Waals surface area contributed by atoms with Crippen LogP contribution in [0.3, 0.4) is 0 Å². The van der Waals surface area contributed by atoms with Gasteiger partial charge in [0.25, 0.3) is 5.56 Å². The predicted molar refractivity (Wildman–Crippen MR) is 122 cm³/mol. The molecule has 3 aromatic heterocycles. The van der Waals surface area contributed by atoms with Gasteiger partial charge in [-0.2, -0.15) is 0 Å². The Morgan fingerprint density at radius 2 is 1.94 bits per heavy atom. The Hall–Kier alpha value is -3.70. The molecule has 154 valence electrons. The zero-order valence-electron chi connectivity index (χ0n) is 16.7. The zero-order valence-corrected chi connectivity index (χ0v) is 17.9. The van der Waals surface area contributed by atoms with Crippen LogP contribution in [0.15, 0.2) is 76.2 Å². The summed E-state index contributed by atoms with van der Waals surface area (Å²) in [6, 6.07) is 18.7. The van der Waals surface area contributed by atoms with Gasteiger partial charge < -0.3 is 14.2 Å². The second kappa shape index (κ2) is 7.85.